The number of fused-ring (bicyclic) bond motifs is 1. The fraction of sp³-hybridized carbons (Fsp3) is 0.0476. The topological polar surface area (TPSA) is 48.3 Å². The van der Waals surface area contributed by atoms with Crippen LogP contribution in [-0.4, -0.2) is 10.9 Å². The molecule has 5 heteroatoms. The number of benzene rings is 2. The first-order valence-electron chi connectivity index (χ1n) is 8.10. The summed E-state index contributed by atoms with van der Waals surface area (Å²) in [6.45, 7) is 0.317. The van der Waals surface area contributed by atoms with Gasteiger partial charge in [-0.05, 0) is 34.9 Å². The molecule has 2 heterocycles. The first-order valence-corrected chi connectivity index (χ1v) is 9.30. The van der Waals surface area contributed by atoms with Crippen molar-refractivity contribution in [2.75, 3.05) is 0 Å². The summed E-state index contributed by atoms with van der Waals surface area (Å²) in [4.78, 5) is 8.87. The SMILES string of the molecule is [O-]C(=NCc1cccc(-c2cccnc2)c1)c1sc2ccccc2c1Cl. The molecule has 0 aliphatic heterocycles. The van der Waals surface area contributed by atoms with Crippen LogP contribution in [0.15, 0.2) is 78.0 Å². The zero-order chi connectivity index (χ0) is 17.9. The summed E-state index contributed by atoms with van der Waals surface area (Å²) >= 11 is 7.75. The number of aromatic nitrogens is 1. The zero-order valence-electron chi connectivity index (χ0n) is 13.7. The summed E-state index contributed by atoms with van der Waals surface area (Å²) in [6, 6.07) is 19.6. The summed E-state index contributed by atoms with van der Waals surface area (Å²) in [7, 11) is 0. The van der Waals surface area contributed by atoms with Crippen molar-refractivity contribution in [3.05, 3.63) is 88.5 Å². The monoisotopic (exact) mass is 377 g/mol. The van der Waals surface area contributed by atoms with E-state index in [-0.39, 0.29) is 5.90 Å². The number of pyridine rings is 1. The van der Waals surface area contributed by atoms with Gasteiger partial charge in [-0.1, -0.05) is 54.1 Å². The van der Waals surface area contributed by atoms with Crippen LogP contribution in [0.3, 0.4) is 0 Å². The van der Waals surface area contributed by atoms with E-state index in [0.717, 1.165) is 26.8 Å². The third kappa shape index (κ3) is 3.34. The molecule has 2 aromatic heterocycles. The number of rotatable bonds is 4. The summed E-state index contributed by atoms with van der Waals surface area (Å²) < 4.78 is 0.995. The Morgan fingerprint density at radius 1 is 1.04 bits per heavy atom. The maximum absolute atomic E-state index is 12.5. The van der Waals surface area contributed by atoms with Gasteiger partial charge in [0.25, 0.3) is 0 Å². The fourth-order valence-corrected chi connectivity index (χ4v) is 4.18. The second kappa shape index (κ2) is 7.28. The smallest absolute Gasteiger partial charge is 0.0674 e. The molecule has 0 radical (unpaired) electrons. The summed E-state index contributed by atoms with van der Waals surface area (Å²) in [5, 5.41) is 13.9. The van der Waals surface area contributed by atoms with Gasteiger partial charge in [0, 0.05) is 28.4 Å². The second-order valence-electron chi connectivity index (χ2n) is 5.80. The van der Waals surface area contributed by atoms with Gasteiger partial charge in [0.05, 0.1) is 16.4 Å². The van der Waals surface area contributed by atoms with Gasteiger partial charge in [-0.2, -0.15) is 0 Å². The van der Waals surface area contributed by atoms with Crippen molar-refractivity contribution in [2.45, 2.75) is 6.54 Å². The number of aliphatic imine (C=N–C) groups is 1. The normalized spacial score (nSPS) is 11.8. The zero-order valence-corrected chi connectivity index (χ0v) is 15.3. The molecule has 0 aliphatic carbocycles. The number of thiophene rings is 1. The predicted octanol–water partition coefficient (Wildman–Crippen LogP) is 4.92. The Hall–Kier alpha value is -2.69. The quantitative estimate of drug-likeness (QED) is 0.374. The van der Waals surface area contributed by atoms with Gasteiger partial charge >= 0.3 is 0 Å². The van der Waals surface area contributed by atoms with Crippen molar-refractivity contribution >= 4 is 38.9 Å². The molecule has 26 heavy (non-hydrogen) atoms. The molecule has 2 aromatic carbocycles. The van der Waals surface area contributed by atoms with Crippen molar-refractivity contribution in [2.24, 2.45) is 4.99 Å². The first kappa shape index (κ1) is 16.8. The van der Waals surface area contributed by atoms with Crippen LogP contribution in [0.4, 0.5) is 0 Å². The van der Waals surface area contributed by atoms with Crippen molar-refractivity contribution in [3.8, 4) is 11.1 Å². The molecule has 0 fully saturated rings. The minimum absolute atomic E-state index is 0.275. The third-order valence-corrected chi connectivity index (χ3v) is 5.72. The van der Waals surface area contributed by atoms with Crippen LogP contribution in [0, 0.1) is 0 Å². The molecule has 0 amide bonds. The van der Waals surface area contributed by atoms with Gasteiger partial charge in [0.2, 0.25) is 0 Å². The molecule has 0 aliphatic rings. The summed E-state index contributed by atoms with van der Waals surface area (Å²) in [6.07, 6.45) is 3.56. The molecule has 4 aromatic rings. The average Bonchev–Trinajstić information content (AvgIpc) is 3.04. The minimum Gasteiger partial charge on any atom is -0.858 e. The molecular formula is C21H14ClN2OS-. The van der Waals surface area contributed by atoms with Gasteiger partial charge in [-0.15, -0.1) is 11.3 Å². The summed E-state index contributed by atoms with van der Waals surface area (Å²) in [5.74, 6) is -0.275. The largest absolute Gasteiger partial charge is 0.858 e. The maximum Gasteiger partial charge on any atom is 0.0674 e. The van der Waals surface area contributed by atoms with Gasteiger partial charge < -0.3 is 5.11 Å². The van der Waals surface area contributed by atoms with Crippen LogP contribution in [0.25, 0.3) is 21.2 Å². The minimum atomic E-state index is -0.275. The highest BCUT2D eigenvalue weighted by atomic mass is 35.5. The van der Waals surface area contributed by atoms with Gasteiger partial charge in [0.15, 0.2) is 0 Å². The molecule has 0 N–H and O–H groups in total. The van der Waals surface area contributed by atoms with Crippen LogP contribution < -0.4 is 5.11 Å². The molecule has 3 nitrogen and oxygen atoms in total. The Morgan fingerprint density at radius 2 is 1.88 bits per heavy atom. The molecule has 0 saturated carbocycles. The molecule has 0 saturated heterocycles. The lowest BCUT2D eigenvalue weighted by molar-refractivity contribution is -0.212. The standard InChI is InChI=1S/C21H15ClN2OS/c22-19-17-8-1-2-9-18(17)26-20(19)21(25)24-12-14-5-3-6-15(11-14)16-7-4-10-23-13-16/h1-11,13H,12H2,(H,24,25)/p-1. The van der Waals surface area contributed by atoms with Crippen LogP contribution >= 0.6 is 22.9 Å². The van der Waals surface area contributed by atoms with Crippen LogP contribution in [0.2, 0.25) is 5.02 Å². The van der Waals surface area contributed by atoms with E-state index in [1.807, 2.05) is 66.9 Å². The second-order valence-corrected chi connectivity index (χ2v) is 7.23. The molecule has 4 rings (SSSR count). The summed E-state index contributed by atoms with van der Waals surface area (Å²) in [5.41, 5.74) is 3.06. The molecule has 0 unspecified atom stereocenters. The number of halogens is 1. The van der Waals surface area contributed by atoms with E-state index in [1.54, 1.807) is 6.20 Å². The van der Waals surface area contributed by atoms with Crippen molar-refractivity contribution in [3.63, 3.8) is 0 Å². The molecule has 0 atom stereocenters. The van der Waals surface area contributed by atoms with E-state index in [1.165, 1.54) is 11.3 Å². The number of nitrogens with zero attached hydrogens (tertiary/aromatic N) is 2. The number of hydrogen-bond donors (Lipinski definition) is 0. The Labute approximate surface area is 160 Å². The van der Waals surface area contributed by atoms with E-state index >= 15 is 0 Å². The maximum atomic E-state index is 12.5. The van der Waals surface area contributed by atoms with E-state index in [0.29, 0.717) is 16.4 Å². The predicted molar refractivity (Wildman–Crippen MR) is 107 cm³/mol. The van der Waals surface area contributed by atoms with Crippen LogP contribution in [0.5, 0.6) is 0 Å². The Balaban J connectivity index is 1.60. The molecular weight excluding hydrogens is 364 g/mol. The highest BCUT2D eigenvalue weighted by Crippen LogP contribution is 2.34. The highest BCUT2D eigenvalue weighted by Gasteiger charge is 2.09. The lowest BCUT2D eigenvalue weighted by Crippen LogP contribution is -2.18. The van der Waals surface area contributed by atoms with E-state index in [9.17, 15) is 5.11 Å². The van der Waals surface area contributed by atoms with E-state index in [4.69, 9.17) is 11.6 Å². The van der Waals surface area contributed by atoms with Crippen LogP contribution in [-0.2, 0) is 6.54 Å². The van der Waals surface area contributed by atoms with Gasteiger partial charge in [-0.25, -0.2) is 0 Å². The molecule has 0 bridgehead atoms. The van der Waals surface area contributed by atoms with E-state index < -0.39 is 0 Å². The Kier molecular flexibility index (Phi) is 4.69. The Bertz CT molecular complexity index is 1090. The van der Waals surface area contributed by atoms with E-state index in [2.05, 4.69) is 9.98 Å². The van der Waals surface area contributed by atoms with Gasteiger partial charge in [0.1, 0.15) is 0 Å². The van der Waals surface area contributed by atoms with Crippen molar-refractivity contribution in [1.82, 2.24) is 4.98 Å². The Morgan fingerprint density at radius 3 is 2.69 bits per heavy atom. The average molecular weight is 378 g/mol. The van der Waals surface area contributed by atoms with Crippen molar-refractivity contribution in [1.29, 1.82) is 0 Å². The first-order chi connectivity index (χ1) is 12.7. The molecule has 0 spiro atoms. The van der Waals surface area contributed by atoms with Crippen LogP contribution in [0.1, 0.15) is 10.4 Å². The highest BCUT2D eigenvalue weighted by molar-refractivity contribution is 7.21. The van der Waals surface area contributed by atoms with Gasteiger partial charge in [-0.3, -0.25) is 9.98 Å². The lowest BCUT2D eigenvalue weighted by atomic mass is 10.1. The lowest BCUT2D eigenvalue weighted by Gasteiger charge is -2.10. The molecule has 128 valence electrons. The van der Waals surface area contributed by atoms with Crippen molar-refractivity contribution < 1.29 is 5.11 Å². The number of hydrogen-bond acceptors (Lipinski definition) is 4. The fourth-order valence-electron chi connectivity index (χ4n) is 2.77. The third-order valence-electron chi connectivity index (χ3n) is 4.06.